The fourth-order valence-electron chi connectivity index (χ4n) is 0.863. The summed E-state index contributed by atoms with van der Waals surface area (Å²) in [6.07, 6.45) is 2.98. The first-order valence-corrected chi connectivity index (χ1v) is 4.74. The second kappa shape index (κ2) is 4.18. The molecule has 0 unspecified atom stereocenters. The first-order chi connectivity index (χ1) is 5.72. The Morgan fingerprint density at radius 3 is 2.58 bits per heavy atom. The van der Waals surface area contributed by atoms with E-state index in [0.29, 0.717) is 11.1 Å². The van der Waals surface area contributed by atoms with Crippen molar-refractivity contribution in [2.24, 2.45) is 0 Å². The van der Waals surface area contributed by atoms with E-state index in [1.54, 1.807) is 6.07 Å². The van der Waals surface area contributed by atoms with E-state index in [1.807, 2.05) is 0 Å². The van der Waals surface area contributed by atoms with Crippen LogP contribution in [0.25, 0.3) is 0 Å². The molecule has 0 aliphatic heterocycles. The van der Waals surface area contributed by atoms with E-state index >= 15 is 0 Å². The summed E-state index contributed by atoms with van der Waals surface area (Å²) in [5.41, 5.74) is 1.24. The van der Waals surface area contributed by atoms with Crippen LogP contribution >= 0.6 is 0 Å². The maximum absolute atomic E-state index is 10.3. The zero-order valence-corrected chi connectivity index (χ0v) is 7.20. The number of hydrogen-bond donors (Lipinski definition) is 2. The lowest BCUT2D eigenvalue weighted by Crippen LogP contribution is -1.91. The summed E-state index contributed by atoms with van der Waals surface area (Å²) < 4.78 is 20.6. The van der Waals surface area contributed by atoms with Gasteiger partial charge in [-0.25, -0.2) is 8.42 Å². The van der Waals surface area contributed by atoms with Gasteiger partial charge in [-0.3, -0.25) is 4.98 Å². The highest BCUT2D eigenvalue weighted by molar-refractivity contribution is 7.71. The van der Waals surface area contributed by atoms with Crippen LogP contribution in [0.5, 0.6) is 0 Å². The predicted molar refractivity (Wildman–Crippen MR) is 44.2 cm³/mol. The summed E-state index contributed by atoms with van der Waals surface area (Å²) in [7, 11) is -2.42. The Morgan fingerprint density at radius 2 is 2.00 bits per heavy atom. The van der Waals surface area contributed by atoms with Gasteiger partial charge in [0.05, 0.1) is 12.4 Å². The van der Waals surface area contributed by atoms with E-state index < -0.39 is 10.7 Å². The van der Waals surface area contributed by atoms with Gasteiger partial charge in [-0.1, -0.05) is 0 Å². The van der Waals surface area contributed by atoms with Gasteiger partial charge in [0.1, 0.15) is 10.7 Å². The third kappa shape index (κ3) is 2.60. The number of thiol groups is 1. The van der Waals surface area contributed by atoms with Crippen LogP contribution in [-0.4, -0.2) is 18.5 Å². The molecule has 0 bridgehead atoms. The Kier molecular flexibility index (Phi) is 3.19. The monoisotopic (exact) mass is 187 g/mol. The highest BCUT2D eigenvalue weighted by atomic mass is 32.2. The predicted octanol–water partition coefficient (Wildman–Crippen LogP) is -0.315. The standard InChI is InChI=1S/C7H9NO3S/c9-4-6-1-7(3-8-2-6)5-12(10)11/h1-3,9,12H,4-5H2. The van der Waals surface area contributed by atoms with E-state index in [2.05, 4.69) is 4.98 Å². The molecule has 0 aliphatic rings. The molecule has 0 aromatic carbocycles. The van der Waals surface area contributed by atoms with Gasteiger partial charge in [0.2, 0.25) is 0 Å². The molecule has 0 aliphatic carbocycles. The van der Waals surface area contributed by atoms with Crippen molar-refractivity contribution in [3.05, 3.63) is 29.6 Å². The number of hydrogen-bond acceptors (Lipinski definition) is 4. The number of nitrogens with zero attached hydrogens (tertiary/aromatic N) is 1. The molecule has 1 heterocycles. The minimum Gasteiger partial charge on any atom is -0.392 e. The normalized spacial score (nSPS) is 10.5. The van der Waals surface area contributed by atoms with Crippen LogP contribution in [-0.2, 0) is 23.1 Å². The van der Waals surface area contributed by atoms with Gasteiger partial charge in [-0.2, -0.15) is 0 Å². The quantitative estimate of drug-likeness (QED) is 0.637. The lowest BCUT2D eigenvalue weighted by atomic mass is 10.2. The topological polar surface area (TPSA) is 67.3 Å². The van der Waals surface area contributed by atoms with Crippen LogP contribution < -0.4 is 0 Å². The molecule has 66 valence electrons. The average molecular weight is 187 g/mol. The third-order valence-electron chi connectivity index (χ3n) is 1.35. The fourth-order valence-corrected chi connectivity index (χ4v) is 1.33. The number of aromatic nitrogens is 1. The van der Waals surface area contributed by atoms with Gasteiger partial charge < -0.3 is 5.11 Å². The zero-order chi connectivity index (χ0) is 8.97. The van der Waals surface area contributed by atoms with Gasteiger partial charge in [-0.05, 0) is 17.2 Å². The van der Waals surface area contributed by atoms with Crippen molar-refractivity contribution >= 4 is 10.7 Å². The van der Waals surface area contributed by atoms with Crippen molar-refractivity contribution in [3.8, 4) is 0 Å². The molecule has 1 aromatic rings. The molecule has 1 aromatic heterocycles. The summed E-state index contributed by atoms with van der Waals surface area (Å²) in [5, 5.41) is 8.71. The molecule has 0 amide bonds. The van der Waals surface area contributed by atoms with Crippen LogP contribution in [0.15, 0.2) is 18.5 Å². The number of pyridine rings is 1. The highest BCUT2D eigenvalue weighted by Gasteiger charge is 1.96. The number of aliphatic hydroxyl groups is 1. The molecule has 12 heavy (non-hydrogen) atoms. The Morgan fingerprint density at radius 1 is 1.33 bits per heavy atom. The molecule has 0 spiro atoms. The van der Waals surface area contributed by atoms with Crippen LogP contribution in [0.1, 0.15) is 11.1 Å². The van der Waals surface area contributed by atoms with E-state index in [0.717, 1.165) is 0 Å². The lowest BCUT2D eigenvalue weighted by molar-refractivity contribution is 0.281. The Balaban J connectivity index is 2.86. The van der Waals surface area contributed by atoms with Gasteiger partial charge in [-0.15, -0.1) is 0 Å². The minimum absolute atomic E-state index is 0.0177. The van der Waals surface area contributed by atoms with Crippen LogP contribution in [0.2, 0.25) is 0 Å². The van der Waals surface area contributed by atoms with Gasteiger partial charge in [0.15, 0.2) is 0 Å². The molecule has 0 fully saturated rings. The van der Waals surface area contributed by atoms with Gasteiger partial charge in [0, 0.05) is 12.4 Å². The summed E-state index contributed by atoms with van der Waals surface area (Å²) in [6, 6.07) is 1.62. The zero-order valence-electron chi connectivity index (χ0n) is 6.30. The fraction of sp³-hybridized carbons (Fsp3) is 0.286. The lowest BCUT2D eigenvalue weighted by Gasteiger charge is -1.97. The van der Waals surface area contributed by atoms with E-state index in [-0.39, 0.29) is 12.4 Å². The first-order valence-electron chi connectivity index (χ1n) is 3.38. The van der Waals surface area contributed by atoms with E-state index in [1.165, 1.54) is 12.4 Å². The van der Waals surface area contributed by atoms with E-state index in [4.69, 9.17) is 5.11 Å². The third-order valence-corrected chi connectivity index (χ3v) is 1.97. The molecule has 0 saturated carbocycles. The molecule has 1 rings (SSSR count). The highest BCUT2D eigenvalue weighted by Crippen LogP contribution is 2.03. The van der Waals surface area contributed by atoms with Crippen molar-refractivity contribution < 1.29 is 13.5 Å². The summed E-state index contributed by atoms with van der Waals surface area (Å²) >= 11 is 0. The van der Waals surface area contributed by atoms with Crippen molar-refractivity contribution in [2.45, 2.75) is 12.4 Å². The summed E-state index contributed by atoms with van der Waals surface area (Å²) in [4.78, 5) is 3.78. The average Bonchev–Trinajstić information content (AvgIpc) is 2.03. The molecule has 1 N–H and O–H groups in total. The van der Waals surface area contributed by atoms with Gasteiger partial charge in [0.25, 0.3) is 0 Å². The second-order valence-electron chi connectivity index (χ2n) is 2.35. The maximum atomic E-state index is 10.3. The molecule has 0 atom stereocenters. The Labute approximate surface area is 71.8 Å². The Bertz CT molecular complexity index is 327. The molecular weight excluding hydrogens is 178 g/mol. The summed E-state index contributed by atoms with van der Waals surface area (Å²) in [5.74, 6) is -0.0177. The van der Waals surface area contributed by atoms with E-state index in [9.17, 15) is 8.42 Å². The minimum atomic E-state index is -2.42. The molecule has 4 nitrogen and oxygen atoms in total. The largest absolute Gasteiger partial charge is 0.392 e. The van der Waals surface area contributed by atoms with Crippen molar-refractivity contribution in [3.63, 3.8) is 0 Å². The molecular formula is C7H9NO3S. The first kappa shape index (κ1) is 9.15. The Hall–Kier alpha value is -0.940. The molecule has 0 radical (unpaired) electrons. The van der Waals surface area contributed by atoms with Crippen LogP contribution in [0, 0.1) is 0 Å². The SMILES string of the molecule is O=[SH](=O)Cc1cncc(CO)c1. The van der Waals surface area contributed by atoms with Gasteiger partial charge >= 0.3 is 0 Å². The number of rotatable bonds is 3. The summed E-state index contributed by atoms with van der Waals surface area (Å²) in [6.45, 7) is -0.115. The second-order valence-corrected chi connectivity index (χ2v) is 3.33. The smallest absolute Gasteiger partial charge is 0.144 e. The molecule has 0 saturated heterocycles. The maximum Gasteiger partial charge on any atom is 0.144 e. The van der Waals surface area contributed by atoms with Crippen molar-refractivity contribution in [2.75, 3.05) is 0 Å². The van der Waals surface area contributed by atoms with Crippen LogP contribution in [0.4, 0.5) is 0 Å². The number of aliphatic hydroxyl groups excluding tert-OH is 1. The molecule has 5 heteroatoms. The van der Waals surface area contributed by atoms with Crippen LogP contribution in [0.3, 0.4) is 0 Å². The van der Waals surface area contributed by atoms with Crippen molar-refractivity contribution in [1.82, 2.24) is 4.98 Å². The van der Waals surface area contributed by atoms with Crippen molar-refractivity contribution in [1.29, 1.82) is 0 Å².